The van der Waals surface area contributed by atoms with Gasteiger partial charge in [0.15, 0.2) is 17.2 Å². The Balaban J connectivity index is 1.43. The first kappa shape index (κ1) is 20.9. The molecule has 2 aliphatic heterocycles. The molecule has 4 N–H and O–H groups in total. The molecule has 2 aliphatic rings. The molecule has 5 rings (SSSR count). The van der Waals surface area contributed by atoms with Crippen molar-refractivity contribution in [2.24, 2.45) is 11.1 Å². The second kappa shape index (κ2) is 7.85. The fourth-order valence-electron chi connectivity index (χ4n) is 4.73. The summed E-state index contributed by atoms with van der Waals surface area (Å²) in [6.07, 6.45) is 1.92. The molecule has 5 heterocycles. The summed E-state index contributed by atoms with van der Waals surface area (Å²) in [5, 5.41) is 21.1. The highest BCUT2D eigenvalue weighted by atomic mass is 16.5. The maximum atomic E-state index is 10.0. The number of aliphatic hydroxyl groups excluding tert-OH is 1. The zero-order chi connectivity index (χ0) is 22.5. The molecular weight excluding hydrogens is 410 g/mol. The van der Waals surface area contributed by atoms with Gasteiger partial charge >= 0.3 is 0 Å². The van der Waals surface area contributed by atoms with Gasteiger partial charge in [0.2, 0.25) is 0 Å². The summed E-state index contributed by atoms with van der Waals surface area (Å²) < 4.78 is 11.0. The lowest BCUT2D eigenvalue weighted by Crippen LogP contribution is -2.51. The summed E-state index contributed by atoms with van der Waals surface area (Å²) in [4.78, 5) is 11.6. The van der Waals surface area contributed by atoms with Crippen LogP contribution in [0.4, 0.5) is 5.82 Å². The summed E-state index contributed by atoms with van der Waals surface area (Å²) in [7, 11) is 0. The Morgan fingerprint density at radius 1 is 1.25 bits per heavy atom. The fraction of sp³-hybridized carbons (Fsp3) is 0.545. The van der Waals surface area contributed by atoms with Crippen LogP contribution in [0.15, 0.2) is 4.52 Å². The van der Waals surface area contributed by atoms with Crippen molar-refractivity contribution >= 4 is 17.0 Å². The molecule has 10 nitrogen and oxygen atoms in total. The van der Waals surface area contributed by atoms with E-state index in [0.717, 1.165) is 37.2 Å². The van der Waals surface area contributed by atoms with Crippen molar-refractivity contribution in [1.29, 1.82) is 0 Å². The number of hydrogen-bond donors (Lipinski definition) is 3. The SMILES string of the molecule is Cc1noc(C)c1C#Cc1n[nH]c2nc(N3CCC4(CC3)CO[C@@H](C)[C@H]4N)c(CO)nc12. The number of anilines is 1. The number of rotatable bonds is 2. The molecule has 0 unspecified atom stereocenters. The number of hydrogen-bond acceptors (Lipinski definition) is 9. The molecule has 0 saturated carbocycles. The molecule has 3 aromatic rings. The Labute approximate surface area is 185 Å². The van der Waals surface area contributed by atoms with Crippen LogP contribution in [0.5, 0.6) is 0 Å². The van der Waals surface area contributed by atoms with E-state index in [-0.39, 0.29) is 24.2 Å². The topological polar surface area (TPSA) is 139 Å². The van der Waals surface area contributed by atoms with Gasteiger partial charge in [-0.2, -0.15) is 5.10 Å². The normalized spacial score (nSPS) is 22.5. The van der Waals surface area contributed by atoms with E-state index in [2.05, 4.69) is 37.1 Å². The number of aromatic amines is 1. The van der Waals surface area contributed by atoms with Crippen molar-refractivity contribution in [2.45, 2.75) is 52.4 Å². The van der Waals surface area contributed by atoms with Crippen LogP contribution in [0.25, 0.3) is 11.2 Å². The second-order valence-corrected chi connectivity index (χ2v) is 8.76. The van der Waals surface area contributed by atoms with Crippen molar-refractivity contribution in [3.63, 3.8) is 0 Å². The Morgan fingerprint density at radius 2 is 2.03 bits per heavy atom. The number of aromatic nitrogens is 5. The van der Waals surface area contributed by atoms with Gasteiger partial charge < -0.3 is 25.0 Å². The summed E-state index contributed by atoms with van der Waals surface area (Å²) in [5.41, 5.74) is 9.96. The van der Waals surface area contributed by atoms with Gasteiger partial charge in [0.25, 0.3) is 0 Å². The molecule has 0 amide bonds. The molecule has 32 heavy (non-hydrogen) atoms. The van der Waals surface area contributed by atoms with Gasteiger partial charge in [0.1, 0.15) is 17.0 Å². The third kappa shape index (κ3) is 3.33. The number of aryl methyl sites for hydroxylation is 2. The van der Waals surface area contributed by atoms with E-state index in [0.29, 0.717) is 40.7 Å². The highest BCUT2D eigenvalue weighted by Gasteiger charge is 2.47. The van der Waals surface area contributed by atoms with Crippen molar-refractivity contribution in [3.8, 4) is 11.8 Å². The fourth-order valence-corrected chi connectivity index (χ4v) is 4.73. The van der Waals surface area contributed by atoms with E-state index in [1.54, 1.807) is 0 Å². The maximum absolute atomic E-state index is 10.0. The molecule has 0 radical (unpaired) electrons. The van der Waals surface area contributed by atoms with E-state index >= 15 is 0 Å². The van der Waals surface area contributed by atoms with E-state index in [9.17, 15) is 5.11 Å². The number of aliphatic hydroxyl groups is 1. The van der Waals surface area contributed by atoms with Crippen LogP contribution in [0.2, 0.25) is 0 Å². The first-order valence-electron chi connectivity index (χ1n) is 10.8. The third-order valence-electron chi connectivity index (χ3n) is 6.84. The summed E-state index contributed by atoms with van der Waals surface area (Å²) in [6, 6.07) is 0.0435. The monoisotopic (exact) mass is 437 g/mol. The van der Waals surface area contributed by atoms with E-state index in [1.165, 1.54) is 0 Å². The number of H-pyrrole nitrogens is 1. The van der Waals surface area contributed by atoms with Crippen molar-refractivity contribution < 1.29 is 14.4 Å². The second-order valence-electron chi connectivity index (χ2n) is 8.76. The quantitative estimate of drug-likeness (QED) is 0.504. The number of nitrogens with two attached hydrogens (primary N) is 1. The Bertz CT molecular complexity index is 1190. The predicted molar refractivity (Wildman–Crippen MR) is 117 cm³/mol. The third-order valence-corrected chi connectivity index (χ3v) is 6.84. The molecular formula is C22H27N7O3. The lowest BCUT2D eigenvalue weighted by molar-refractivity contribution is 0.0973. The van der Waals surface area contributed by atoms with Gasteiger partial charge in [-0.1, -0.05) is 11.1 Å². The molecule has 0 bridgehead atoms. The highest BCUT2D eigenvalue weighted by molar-refractivity contribution is 5.78. The minimum atomic E-state index is -0.221. The molecule has 2 fully saturated rings. The van der Waals surface area contributed by atoms with Crippen molar-refractivity contribution in [2.75, 3.05) is 24.6 Å². The highest BCUT2D eigenvalue weighted by Crippen LogP contribution is 2.42. The van der Waals surface area contributed by atoms with Gasteiger partial charge in [0, 0.05) is 24.5 Å². The van der Waals surface area contributed by atoms with Gasteiger partial charge in [-0.05, 0) is 39.5 Å². The molecule has 168 valence electrons. The number of nitrogens with one attached hydrogen (secondary N) is 1. The zero-order valence-electron chi connectivity index (χ0n) is 18.5. The minimum Gasteiger partial charge on any atom is -0.390 e. The van der Waals surface area contributed by atoms with Crippen LogP contribution < -0.4 is 10.6 Å². The van der Waals surface area contributed by atoms with E-state index in [4.69, 9.17) is 20.0 Å². The van der Waals surface area contributed by atoms with Crippen LogP contribution >= 0.6 is 0 Å². The Morgan fingerprint density at radius 3 is 2.66 bits per heavy atom. The van der Waals surface area contributed by atoms with Crippen LogP contribution in [0.1, 0.15) is 48.2 Å². The number of fused-ring (bicyclic) bond motifs is 1. The molecule has 10 heteroatoms. The summed E-state index contributed by atoms with van der Waals surface area (Å²) in [6.45, 7) is 7.74. The average Bonchev–Trinajstić information content (AvgIpc) is 3.44. The number of ether oxygens (including phenoxy) is 1. The zero-order valence-corrected chi connectivity index (χ0v) is 18.5. The first-order chi connectivity index (χ1) is 15.4. The van der Waals surface area contributed by atoms with Gasteiger partial charge in [-0.25, -0.2) is 9.97 Å². The largest absolute Gasteiger partial charge is 0.390 e. The number of nitrogens with zero attached hydrogens (tertiary/aromatic N) is 5. The van der Waals surface area contributed by atoms with Gasteiger partial charge in [0.05, 0.1) is 30.6 Å². The van der Waals surface area contributed by atoms with E-state index in [1.807, 2.05) is 20.8 Å². The molecule has 0 aromatic carbocycles. The molecule has 2 atom stereocenters. The Kier molecular flexibility index (Phi) is 5.12. The summed E-state index contributed by atoms with van der Waals surface area (Å²) in [5.74, 6) is 7.41. The first-order valence-corrected chi connectivity index (χ1v) is 10.8. The van der Waals surface area contributed by atoms with Crippen LogP contribution in [-0.2, 0) is 11.3 Å². The van der Waals surface area contributed by atoms with Gasteiger partial charge in [-0.15, -0.1) is 0 Å². The average molecular weight is 438 g/mol. The molecule has 2 saturated heterocycles. The molecule has 1 spiro atoms. The van der Waals surface area contributed by atoms with Crippen LogP contribution in [-0.4, -0.2) is 62.3 Å². The predicted octanol–water partition coefficient (Wildman–Crippen LogP) is 1.18. The van der Waals surface area contributed by atoms with Crippen molar-refractivity contribution in [3.05, 3.63) is 28.4 Å². The maximum Gasteiger partial charge on any atom is 0.177 e. The van der Waals surface area contributed by atoms with Gasteiger partial charge in [-0.3, -0.25) is 5.10 Å². The molecule has 3 aromatic heterocycles. The minimum absolute atomic E-state index is 0.0156. The lowest BCUT2D eigenvalue weighted by Gasteiger charge is -2.41. The standard InChI is InChI=1S/C22H27N7O3/c1-12-15(13(2)32-28-12)4-5-16-18-20(27-26-16)25-21(17(10-30)24-18)29-8-6-22(7-9-29)11-31-14(3)19(22)23/h14,19,30H,6-11,23H2,1-3H3,(H,25,26,27)/t14-,19+/m0/s1. The van der Waals surface area contributed by atoms with Crippen LogP contribution in [0.3, 0.4) is 0 Å². The smallest absolute Gasteiger partial charge is 0.177 e. The summed E-state index contributed by atoms with van der Waals surface area (Å²) >= 11 is 0. The number of piperidine rings is 1. The van der Waals surface area contributed by atoms with Crippen LogP contribution in [0, 0.1) is 31.1 Å². The van der Waals surface area contributed by atoms with E-state index < -0.39 is 0 Å². The Hall–Kier alpha value is -3.00. The lowest BCUT2D eigenvalue weighted by atomic mass is 9.73. The molecule has 0 aliphatic carbocycles. The van der Waals surface area contributed by atoms with Crippen molar-refractivity contribution in [1.82, 2.24) is 25.3 Å².